The summed E-state index contributed by atoms with van der Waals surface area (Å²) in [4.78, 5) is 26.0. The lowest BCUT2D eigenvalue weighted by molar-refractivity contribution is 0.0651. The number of imide groups is 1. The molecule has 1 heterocycles. The zero-order chi connectivity index (χ0) is 20.1. The molecule has 0 fully saturated rings. The first-order valence-electron chi connectivity index (χ1n) is 10.3. The van der Waals surface area contributed by atoms with E-state index in [0.29, 0.717) is 17.7 Å². The largest absolute Gasteiger partial charge is 0.456 e. The van der Waals surface area contributed by atoms with Crippen LogP contribution in [0.1, 0.15) is 59.2 Å². The molecule has 0 radical (unpaired) electrons. The lowest BCUT2D eigenvalue weighted by Gasteiger charge is -2.31. The van der Waals surface area contributed by atoms with Gasteiger partial charge in [0.1, 0.15) is 0 Å². The fourth-order valence-corrected chi connectivity index (χ4v) is 12.0. The number of carbonyl (C=O) groups is 2. The second-order valence-electron chi connectivity index (χ2n) is 9.15. The van der Waals surface area contributed by atoms with Gasteiger partial charge in [0.15, 0.2) is 16.6 Å². The first-order valence-corrected chi connectivity index (χ1v) is 16.8. The van der Waals surface area contributed by atoms with Gasteiger partial charge in [-0.1, -0.05) is 44.2 Å². The number of unbranched alkanes of at least 4 members (excludes halogenated alkanes) is 5. The second-order valence-corrected chi connectivity index (χ2v) is 18.2. The molecular formula is C21H35NO3Si2. The highest BCUT2D eigenvalue weighted by Crippen LogP contribution is 2.24. The van der Waals surface area contributed by atoms with Gasteiger partial charge >= 0.3 is 0 Å². The Labute approximate surface area is 166 Å². The summed E-state index contributed by atoms with van der Waals surface area (Å²) in [5, 5.41) is 0. The topological polar surface area (TPSA) is 46.6 Å². The third kappa shape index (κ3) is 6.69. The maximum absolute atomic E-state index is 12.3. The molecule has 0 saturated heterocycles. The number of carbonyl (C=O) groups excluding carboxylic acids is 2. The van der Waals surface area contributed by atoms with Gasteiger partial charge in [-0.25, -0.2) is 0 Å². The first-order chi connectivity index (χ1) is 12.6. The molecule has 0 unspecified atom stereocenters. The molecule has 0 bridgehead atoms. The quantitative estimate of drug-likeness (QED) is 0.270. The van der Waals surface area contributed by atoms with Crippen molar-refractivity contribution in [3.63, 3.8) is 0 Å². The highest BCUT2D eigenvalue weighted by Gasteiger charge is 2.34. The van der Waals surface area contributed by atoms with Gasteiger partial charge < -0.3 is 4.12 Å². The van der Waals surface area contributed by atoms with E-state index >= 15 is 0 Å². The molecular weight excluding hydrogens is 370 g/mol. The van der Waals surface area contributed by atoms with Crippen LogP contribution in [0.25, 0.3) is 0 Å². The van der Waals surface area contributed by atoms with Gasteiger partial charge in [-0.3, -0.25) is 14.5 Å². The van der Waals surface area contributed by atoms with E-state index in [4.69, 9.17) is 4.12 Å². The van der Waals surface area contributed by atoms with E-state index in [1.54, 1.807) is 12.1 Å². The summed E-state index contributed by atoms with van der Waals surface area (Å²) in [6, 6.07) is 8.35. The van der Waals surface area contributed by atoms with Crippen LogP contribution in [0.3, 0.4) is 0 Å². The number of amides is 2. The molecule has 0 saturated carbocycles. The van der Waals surface area contributed by atoms with E-state index in [1.807, 2.05) is 12.1 Å². The van der Waals surface area contributed by atoms with Crippen molar-refractivity contribution in [1.29, 1.82) is 0 Å². The molecule has 0 aliphatic carbocycles. The van der Waals surface area contributed by atoms with Gasteiger partial charge in [0.25, 0.3) is 11.8 Å². The molecule has 4 nitrogen and oxygen atoms in total. The summed E-state index contributed by atoms with van der Waals surface area (Å²) in [5.41, 5.74) is 1.10. The molecule has 27 heavy (non-hydrogen) atoms. The highest BCUT2D eigenvalue weighted by atomic mass is 28.4. The highest BCUT2D eigenvalue weighted by molar-refractivity contribution is 6.84. The van der Waals surface area contributed by atoms with Crippen LogP contribution in [0.4, 0.5) is 0 Å². The number of nitrogens with zero attached hydrogens (tertiary/aromatic N) is 1. The van der Waals surface area contributed by atoms with Crippen LogP contribution < -0.4 is 0 Å². The standard InChI is InChI=1S/C21H35NO3Si2/c1-26(2,3)25-27(4,5)17-13-9-7-6-8-12-16-22-20(23)18-14-10-11-15-19(18)21(22)24/h10-11,14-15H,6-9,12-13,16-17H2,1-5H3. The second kappa shape index (κ2) is 9.30. The van der Waals surface area contributed by atoms with Crippen molar-refractivity contribution in [2.45, 2.75) is 77.3 Å². The van der Waals surface area contributed by atoms with Crippen molar-refractivity contribution in [3.05, 3.63) is 35.4 Å². The van der Waals surface area contributed by atoms with Crippen molar-refractivity contribution in [2.24, 2.45) is 0 Å². The van der Waals surface area contributed by atoms with E-state index in [2.05, 4.69) is 32.7 Å². The molecule has 1 aromatic rings. The van der Waals surface area contributed by atoms with E-state index in [1.165, 1.54) is 36.6 Å². The Bertz CT molecular complexity index is 633. The smallest absolute Gasteiger partial charge is 0.261 e. The van der Waals surface area contributed by atoms with Crippen LogP contribution in [0, 0.1) is 0 Å². The van der Waals surface area contributed by atoms with Crippen LogP contribution in [0.15, 0.2) is 24.3 Å². The maximum atomic E-state index is 12.3. The maximum Gasteiger partial charge on any atom is 0.261 e. The van der Waals surface area contributed by atoms with Gasteiger partial charge in [0.05, 0.1) is 11.1 Å². The van der Waals surface area contributed by atoms with Crippen LogP contribution in [-0.2, 0) is 4.12 Å². The zero-order valence-electron chi connectivity index (χ0n) is 17.6. The lowest BCUT2D eigenvalue weighted by atomic mass is 10.1. The molecule has 0 atom stereocenters. The molecule has 2 amide bonds. The fraction of sp³-hybridized carbons (Fsp3) is 0.619. The summed E-state index contributed by atoms with van der Waals surface area (Å²) in [6.07, 6.45) is 6.85. The fourth-order valence-electron chi connectivity index (χ4n) is 3.85. The number of fused-ring (bicyclic) bond motifs is 1. The Hall–Kier alpha value is -1.25. The first kappa shape index (κ1) is 22.0. The predicted molar refractivity (Wildman–Crippen MR) is 116 cm³/mol. The minimum absolute atomic E-state index is 0.134. The summed E-state index contributed by atoms with van der Waals surface area (Å²) < 4.78 is 6.38. The van der Waals surface area contributed by atoms with Gasteiger partial charge in [-0.2, -0.15) is 0 Å². The zero-order valence-corrected chi connectivity index (χ0v) is 19.6. The number of hydrogen-bond acceptors (Lipinski definition) is 3. The molecule has 0 spiro atoms. The van der Waals surface area contributed by atoms with Crippen LogP contribution in [0.2, 0.25) is 38.8 Å². The molecule has 2 rings (SSSR count). The normalized spacial score (nSPS) is 14.8. The van der Waals surface area contributed by atoms with Crippen molar-refractivity contribution in [1.82, 2.24) is 4.90 Å². The van der Waals surface area contributed by atoms with Gasteiger partial charge in [-0.15, -0.1) is 0 Å². The van der Waals surface area contributed by atoms with E-state index in [0.717, 1.165) is 12.8 Å². The average Bonchev–Trinajstić information content (AvgIpc) is 2.80. The Balaban J connectivity index is 1.58. The Morgan fingerprint density at radius 1 is 0.778 bits per heavy atom. The van der Waals surface area contributed by atoms with Gasteiger partial charge in [-0.05, 0) is 57.3 Å². The Morgan fingerprint density at radius 3 is 1.78 bits per heavy atom. The van der Waals surface area contributed by atoms with Crippen LogP contribution in [0.5, 0.6) is 0 Å². The van der Waals surface area contributed by atoms with Crippen molar-refractivity contribution >= 4 is 28.4 Å². The van der Waals surface area contributed by atoms with Crippen LogP contribution in [-0.4, -0.2) is 39.9 Å². The SMILES string of the molecule is C[Si](C)(C)O[Si](C)(C)CCCCCCCCN1C(=O)c2ccccc2C1=O. The van der Waals surface area contributed by atoms with Crippen molar-refractivity contribution in [2.75, 3.05) is 6.54 Å². The summed E-state index contributed by atoms with van der Waals surface area (Å²) >= 11 is 0. The molecule has 1 aliphatic rings. The Morgan fingerprint density at radius 2 is 1.26 bits per heavy atom. The van der Waals surface area contributed by atoms with E-state index in [9.17, 15) is 9.59 Å². The van der Waals surface area contributed by atoms with Gasteiger partial charge in [0, 0.05) is 6.54 Å². The molecule has 150 valence electrons. The van der Waals surface area contributed by atoms with E-state index in [-0.39, 0.29) is 11.8 Å². The molecule has 6 heteroatoms. The minimum Gasteiger partial charge on any atom is -0.456 e. The number of hydrogen-bond donors (Lipinski definition) is 0. The molecule has 0 N–H and O–H groups in total. The van der Waals surface area contributed by atoms with Crippen LogP contribution >= 0.6 is 0 Å². The third-order valence-corrected chi connectivity index (χ3v) is 11.1. The summed E-state index contributed by atoms with van der Waals surface area (Å²) in [7, 11) is -2.92. The summed E-state index contributed by atoms with van der Waals surface area (Å²) in [5.74, 6) is -0.268. The third-order valence-electron chi connectivity index (χ3n) is 4.87. The molecule has 0 aromatic heterocycles. The summed E-state index contributed by atoms with van der Waals surface area (Å²) in [6.45, 7) is 12.0. The lowest BCUT2D eigenvalue weighted by Crippen LogP contribution is -2.42. The number of benzene rings is 1. The number of rotatable bonds is 11. The monoisotopic (exact) mass is 405 g/mol. The Kier molecular flexibility index (Phi) is 7.59. The predicted octanol–water partition coefficient (Wildman–Crippen LogP) is 5.68. The molecule has 1 aliphatic heterocycles. The van der Waals surface area contributed by atoms with E-state index < -0.39 is 16.6 Å². The van der Waals surface area contributed by atoms with Gasteiger partial charge in [0.2, 0.25) is 0 Å². The minimum atomic E-state index is -1.50. The molecule has 1 aromatic carbocycles. The van der Waals surface area contributed by atoms with Crippen molar-refractivity contribution in [3.8, 4) is 0 Å². The van der Waals surface area contributed by atoms with Crippen molar-refractivity contribution < 1.29 is 13.7 Å². The average molecular weight is 406 g/mol.